The summed E-state index contributed by atoms with van der Waals surface area (Å²) in [6.45, 7) is 3.85. The number of hydrogen-bond acceptors (Lipinski definition) is 4. The van der Waals surface area contributed by atoms with E-state index in [1.165, 1.54) is 12.1 Å². The Balaban J connectivity index is 1.32. The van der Waals surface area contributed by atoms with Crippen LogP contribution in [0.1, 0.15) is 49.4 Å². The lowest BCUT2D eigenvalue weighted by Gasteiger charge is -2.72. The van der Waals surface area contributed by atoms with Gasteiger partial charge in [0.25, 0.3) is 5.91 Å². The van der Waals surface area contributed by atoms with Crippen LogP contribution in [-0.4, -0.2) is 22.5 Å². The molecule has 2 N–H and O–H groups in total. The van der Waals surface area contributed by atoms with Crippen molar-refractivity contribution < 1.29 is 18.5 Å². The van der Waals surface area contributed by atoms with E-state index in [0.29, 0.717) is 23.6 Å². The van der Waals surface area contributed by atoms with Crippen LogP contribution in [-0.2, 0) is 11.2 Å². The minimum absolute atomic E-state index is 0.0736. The Hall–Kier alpha value is -2.70. The predicted octanol–water partition coefficient (Wildman–Crippen LogP) is 3.30. The first kappa shape index (κ1) is 17.7. The third-order valence-corrected chi connectivity index (χ3v) is 6.01. The van der Waals surface area contributed by atoms with Crippen molar-refractivity contribution in [1.82, 2.24) is 10.5 Å². The average molecular weight is 371 g/mol. The van der Waals surface area contributed by atoms with E-state index in [2.05, 4.69) is 15.8 Å². The second kappa shape index (κ2) is 6.18. The second-order valence-corrected chi connectivity index (χ2v) is 7.88. The largest absolute Gasteiger partial charge is 0.361 e. The van der Waals surface area contributed by atoms with Crippen molar-refractivity contribution in [3.05, 3.63) is 47.6 Å². The second-order valence-electron chi connectivity index (χ2n) is 7.88. The maximum Gasteiger partial charge on any atom is 0.273 e. The van der Waals surface area contributed by atoms with Crippen molar-refractivity contribution in [2.24, 2.45) is 11.3 Å². The molecule has 1 heterocycles. The summed E-state index contributed by atoms with van der Waals surface area (Å²) in [5.74, 6) is -0.141. The number of halogens is 1. The summed E-state index contributed by atoms with van der Waals surface area (Å²) >= 11 is 0. The third kappa shape index (κ3) is 3.01. The summed E-state index contributed by atoms with van der Waals surface area (Å²) in [6, 6.07) is 7.40. The van der Waals surface area contributed by atoms with Gasteiger partial charge in [-0.2, -0.15) is 0 Å². The SMILES string of the molecule is CCc1cc(C(=O)NC23CC(C(C)C(=O)Nc4ccc(F)cc4)(C2)C3)no1. The standard InChI is InChI=1S/C20H22FN3O3/c1-3-15-8-16(24-27-15)18(26)23-20-9-19(10-20,11-20)12(2)17(25)22-14-6-4-13(21)5-7-14/h4-8,12H,3,9-11H2,1-2H3,(H,22,25)(H,23,26). The molecule has 1 atom stereocenters. The van der Waals surface area contributed by atoms with Gasteiger partial charge >= 0.3 is 0 Å². The molecule has 142 valence electrons. The highest BCUT2D eigenvalue weighted by Gasteiger charge is 2.71. The molecule has 7 heteroatoms. The Morgan fingerprint density at radius 1 is 1.26 bits per heavy atom. The zero-order chi connectivity index (χ0) is 19.2. The lowest BCUT2D eigenvalue weighted by Crippen LogP contribution is -2.77. The quantitative estimate of drug-likeness (QED) is 0.816. The van der Waals surface area contributed by atoms with Gasteiger partial charge in [-0.1, -0.05) is 19.0 Å². The van der Waals surface area contributed by atoms with Crippen LogP contribution in [0.3, 0.4) is 0 Å². The fourth-order valence-electron chi connectivity index (χ4n) is 4.41. The minimum Gasteiger partial charge on any atom is -0.361 e. The summed E-state index contributed by atoms with van der Waals surface area (Å²) in [5, 5.41) is 9.70. The van der Waals surface area contributed by atoms with Crippen LogP contribution in [0.25, 0.3) is 0 Å². The van der Waals surface area contributed by atoms with Gasteiger partial charge in [-0.25, -0.2) is 4.39 Å². The smallest absolute Gasteiger partial charge is 0.273 e. The molecule has 3 aliphatic rings. The Labute approximate surface area is 156 Å². The first-order valence-electron chi connectivity index (χ1n) is 9.19. The van der Waals surface area contributed by atoms with Crippen LogP contribution in [0.4, 0.5) is 10.1 Å². The van der Waals surface area contributed by atoms with Crippen molar-refractivity contribution in [2.45, 2.75) is 45.1 Å². The predicted molar refractivity (Wildman–Crippen MR) is 96.6 cm³/mol. The van der Waals surface area contributed by atoms with Gasteiger partial charge in [0.15, 0.2) is 5.69 Å². The third-order valence-electron chi connectivity index (χ3n) is 6.01. The van der Waals surface area contributed by atoms with Crippen molar-refractivity contribution in [3.63, 3.8) is 0 Å². The number of hydrogen-bond donors (Lipinski definition) is 2. The molecule has 3 fully saturated rings. The molecule has 1 unspecified atom stereocenters. The zero-order valence-electron chi connectivity index (χ0n) is 15.3. The Kier molecular flexibility index (Phi) is 4.05. The highest BCUT2D eigenvalue weighted by molar-refractivity contribution is 5.94. The Morgan fingerprint density at radius 3 is 2.52 bits per heavy atom. The zero-order valence-corrected chi connectivity index (χ0v) is 15.3. The topological polar surface area (TPSA) is 84.2 Å². The average Bonchev–Trinajstić information content (AvgIpc) is 3.07. The number of aryl methyl sites for hydroxylation is 1. The van der Waals surface area contributed by atoms with Gasteiger partial charge in [0.2, 0.25) is 5.91 Å². The number of amides is 2. The molecule has 3 aliphatic carbocycles. The van der Waals surface area contributed by atoms with Gasteiger partial charge in [0, 0.05) is 29.6 Å². The number of benzene rings is 1. The molecule has 2 amide bonds. The van der Waals surface area contributed by atoms with Gasteiger partial charge in [-0.3, -0.25) is 9.59 Å². The molecule has 0 radical (unpaired) electrons. The monoisotopic (exact) mass is 371 g/mol. The van der Waals surface area contributed by atoms with E-state index in [4.69, 9.17) is 4.52 Å². The molecule has 27 heavy (non-hydrogen) atoms. The lowest BCUT2D eigenvalue weighted by atomic mass is 9.36. The van der Waals surface area contributed by atoms with Crippen molar-refractivity contribution >= 4 is 17.5 Å². The van der Waals surface area contributed by atoms with Crippen LogP contribution in [0, 0.1) is 17.2 Å². The number of carbonyl (C=O) groups is 2. The maximum atomic E-state index is 13.0. The summed E-state index contributed by atoms with van der Waals surface area (Å²) in [5.41, 5.74) is 0.580. The Morgan fingerprint density at radius 2 is 1.93 bits per heavy atom. The first-order chi connectivity index (χ1) is 12.8. The van der Waals surface area contributed by atoms with Crippen molar-refractivity contribution in [1.29, 1.82) is 0 Å². The van der Waals surface area contributed by atoms with Gasteiger partial charge in [0.1, 0.15) is 11.6 Å². The molecule has 1 aromatic carbocycles. The molecule has 3 saturated carbocycles. The summed E-state index contributed by atoms with van der Waals surface area (Å²) in [7, 11) is 0. The number of carbonyl (C=O) groups excluding carboxylic acids is 2. The highest BCUT2D eigenvalue weighted by Crippen LogP contribution is 2.70. The normalized spacial score (nSPS) is 26.5. The van der Waals surface area contributed by atoms with Crippen LogP contribution in [0.15, 0.2) is 34.9 Å². The molecule has 0 aliphatic heterocycles. The van der Waals surface area contributed by atoms with E-state index in [0.717, 1.165) is 19.3 Å². The maximum absolute atomic E-state index is 13.0. The number of aromatic nitrogens is 1. The molecule has 0 spiro atoms. The van der Waals surface area contributed by atoms with E-state index in [-0.39, 0.29) is 34.5 Å². The first-order valence-corrected chi connectivity index (χ1v) is 9.19. The molecule has 5 rings (SSSR count). The van der Waals surface area contributed by atoms with Gasteiger partial charge in [-0.15, -0.1) is 0 Å². The van der Waals surface area contributed by atoms with Crippen molar-refractivity contribution in [2.75, 3.05) is 5.32 Å². The van der Waals surface area contributed by atoms with Gasteiger partial charge in [0.05, 0.1) is 0 Å². The van der Waals surface area contributed by atoms with Crippen LogP contribution >= 0.6 is 0 Å². The van der Waals surface area contributed by atoms with Gasteiger partial charge < -0.3 is 15.2 Å². The fraction of sp³-hybridized carbons (Fsp3) is 0.450. The van der Waals surface area contributed by atoms with Crippen LogP contribution < -0.4 is 10.6 Å². The Bertz CT molecular complexity index is 870. The van der Waals surface area contributed by atoms with Gasteiger partial charge in [-0.05, 0) is 48.9 Å². The van der Waals surface area contributed by atoms with E-state index in [9.17, 15) is 14.0 Å². The van der Waals surface area contributed by atoms with Crippen LogP contribution in [0.2, 0.25) is 0 Å². The minimum atomic E-state index is -0.337. The number of rotatable bonds is 6. The summed E-state index contributed by atoms with van der Waals surface area (Å²) in [4.78, 5) is 24.9. The van der Waals surface area contributed by atoms with E-state index in [1.807, 2.05) is 13.8 Å². The lowest BCUT2D eigenvalue weighted by molar-refractivity contribution is -0.184. The molecule has 6 nitrogen and oxygen atoms in total. The molecule has 0 saturated heterocycles. The van der Waals surface area contributed by atoms with E-state index in [1.54, 1.807) is 18.2 Å². The molecular weight excluding hydrogens is 349 g/mol. The van der Waals surface area contributed by atoms with E-state index < -0.39 is 0 Å². The summed E-state index contributed by atoms with van der Waals surface area (Å²) < 4.78 is 18.1. The molecule has 2 aromatic rings. The number of nitrogens with zero attached hydrogens (tertiary/aromatic N) is 1. The number of nitrogens with one attached hydrogen (secondary N) is 2. The van der Waals surface area contributed by atoms with E-state index >= 15 is 0 Å². The summed E-state index contributed by atoms with van der Waals surface area (Å²) in [6.07, 6.45) is 3.03. The number of anilines is 1. The highest BCUT2D eigenvalue weighted by atomic mass is 19.1. The molecule has 1 aromatic heterocycles. The molecular formula is C20H22FN3O3. The van der Waals surface area contributed by atoms with Crippen molar-refractivity contribution in [3.8, 4) is 0 Å². The van der Waals surface area contributed by atoms with Crippen LogP contribution in [0.5, 0.6) is 0 Å². The molecule has 2 bridgehead atoms. The fourth-order valence-corrected chi connectivity index (χ4v) is 4.41.